The minimum atomic E-state index is -0.259. The lowest BCUT2D eigenvalue weighted by Gasteiger charge is -2.38. The molecule has 0 radical (unpaired) electrons. The van der Waals surface area contributed by atoms with Crippen LogP contribution in [0.4, 0.5) is 4.39 Å². The van der Waals surface area contributed by atoms with Gasteiger partial charge in [-0.2, -0.15) is 0 Å². The van der Waals surface area contributed by atoms with E-state index in [0.717, 1.165) is 50.1 Å². The first-order chi connectivity index (χ1) is 12.6. The predicted molar refractivity (Wildman–Crippen MR) is 98.9 cm³/mol. The van der Waals surface area contributed by atoms with Gasteiger partial charge in [0.2, 0.25) is 0 Å². The summed E-state index contributed by atoms with van der Waals surface area (Å²) in [4.78, 5) is 2.40. The van der Waals surface area contributed by atoms with Crippen LogP contribution in [0.5, 0.6) is 11.5 Å². The quantitative estimate of drug-likeness (QED) is 0.745. The van der Waals surface area contributed by atoms with E-state index in [1.165, 1.54) is 12.1 Å². The van der Waals surface area contributed by atoms with Crippen LogP contribution < -0.4 is 4.74 Å². The molecular weight excluding hydrogens is 333 g/mol. The lowest BCUT2D eigenvalue weighted by atomic mass is 9.93. The highest BCUT2D eigenvalue weighted by Crippen LogP contribution is 2.22. The van der Waals surface area contributed by atoms with Gasteiger partial charge in [0.05, 0.1) is 12.7 Å². The largest absolute Gasteiger partial charge is 0.508 e. The number of hydrogen-bond donors (Lipinski definition) is 2. The Balaban J connectivity index is 1.49. The first kappa shape index (κ1) is 18.7. The fraction of sp³-hybridized carbons (Fsp3) is 0.429. The maximum Gasteiger partial charge on any atom is 0.123 e. The second kappa shape index (κ2) is 9.01. The summed E-state index contributed by atoms with van der Waals surface area (Å²) in [6.45, 7) is 2.37. The number of likely N-dealkylation sites (tertiary alicyclic amines) is 1. The second-order valence-corrected chi connectivity index (χ2v) is 6.89. The van der Waals surface area contributed by atoms with Crippen LogP contribution in [-0.2, 0) is 6.42 Å². The molecule has 3 rings (SSSR count). The molecule has 0 amide bonds. The second-order valence-electron chi connectivity index (χ2n) is 6.89. The van der Waals surface area contributed by atoms with Crippen molar-refractivity contribution in [2.75, 3.05) is 19.7 Å². The van der Waals surface area contributed by atoms with Gasteiger partial charge in [-0.3, -0.25) is 4.90 Å². The van der Waals surface area contributed by atoms with Crippen molar-refractivity contribution in [3.8, 4) is 11.5 Å². The molecule has 26 heavy (non-hydrogen) atoms. The highest BCUT2D eigenvalue weighted by molar-refractivity contribution is 5.30. The zero-order chi connectivity index (χ0) is 18.4. The van der Waals surface area contributed by atoms with E-state index in [4.69, 9.17) is 4.74 Å². The van der Waals surface area contributed by atoms with E-state index in [0.29, 0.717) is 6.61 Å². The van der Waals surface area contributed by atoms with E-state index in [2.05, 4.69) is 4.90 Å². The molecule has 0 saturated carbocycles. The number of phenolic OH excluding ortho intramolecular Hbond substituents is 1. The van der Waals surface area contributed by atoms with Crippen molar-refractivity contribution in [2.24, 2.45) is 0 Å². The minimum Gasteiger partial charge on any atom is -0.508 e. The topological polar surface area (TPSA) is 52.9 Å². The lowest BCUT2D eigenvalue weighted by Crippen LogP contribution is -2.46. The number of piperidine rings is 1. The molecule has 1 saturated heterocycles. The van der Waals surface area contributed by atoms with Crippen LogP contribution in [0.1, 0.15) is 24.8 Å². The predicted octanol–water partition coefficient (Wildman–Crippen LogP) is 3.37. The summed E-state index contributed by atoms with van der Waals surface area (Å²) >= 11 is 0. The molecular formula is C21H26FNO3. The summed E-state index contributed by atoms with van der Waals surface area (Å²) in [5, 5.41) is 19.3. The number of benzene rings is 2. The molecule has 2 unspecified atom stereocenters. The Bertz CT molecular complexity index is 675. The molecule has 4 nitrogen and oxygen atoms in total. The Hall–Kier alpha value is -2.11. The monoisotopic (exact) mass is 359 g/mol. The minimum absolute atomic E-state index is 0.222. The van der Waals surface area contributed by atoms with Gasteiger partial charge in [-0.25, -0.2) is 4.39 Å². The van der Waals surface area contributed by atoms with Crippen molar-refractivity contribution < 1.29 is 19.3 Å². The molecule has 1 aliphatic heterocycles. The Morgan fingerprint density at radius 3 is 2.54 bits per heavy atom. The summed E-state index contributed by atoms with van der Waals surface area (Å²) in [6, 6.07) is 13.6. The Morgan fingerprint density at radius 2 is 1.81 bits per heavy atom. The van der Waals surface area contributed by atoms with Gasteiger partial charge in [-0.05, 0) is 67.6 Å². The summed E-state index contributed by atoms with van der Waals surface area (Å²) in [5.41, 5.74) is 1.09. The van der Waals surface area contributed by atoms with Crippen LogP contribution in [0, 0.1) is 5.82 Å². The summed E-state index contributed by atoms with van der Waals surface area (Å²) < 4.78 is 18.8. The number of hydrogen-bond acceptors (Lipinski definition) is 4. The van der Waals surface area contributed by atoms with Gasteiger partial charge in [-0.15, -0.1) is 0 Å². The summed E-state index contributed by atoms with van der Waals surface area (Å²) in [5.74, 6) is 0.758. The van der Waals surface area contributed by atoms with Crippen LogP contribution >= 0.6 is 0 Å². The summed E-state index contributed by atoms with van der Waals surface area (Å²) in [7, 11) is 0. The number of nitrogens with zero attached hydrogens (tertiary/aromatic N) is 1. The van der Waals surface area contributed by atoms with Crippen LogP contribution in [0.25, 0.3) is 0 Å². The van der Waals surface area contributed by atoms with Crippen molar-refractivity contribution in [1.29, 1.82) is 0 Å². The highest BCUT2D eigenvalue weighted by atomic mass is 19.1. The van der Waals surface area contributed by atoms with E-state index in [-0.39, 0.29) is 23.7 Å². The third-order valence-corrected chi connectivity index (χ3v) is 4.89. The third kappa shape index (κ3) is 5.44. The van der Waals surface area contributed by atoms with Gasteiger partial charge in [0.25, 0.3) is 0 Å². The number of ether oxygens (including phenoxy) is 1. The lowest BCUT2D eigenvalue weighted by molar-refractivity contribution is 0.0391. The van der Waals surface area contributed by atoms with E-state index in [9.17, 15) is 14.6 Å². The van der Waals surface area contributed by atoms with Gasteiger partial charge in [0, 0.05) is 19.1 Å². The number of aliphatic hydroxyl groups is 1. The van der Waals surface area contributed by atoms with E-state index >= 15 is 0 Å². The van der Waals surface area contributed by atoms with Gasteiger partial charge >= 0.3 is 0 Å². The van der Waals surface area contributed by atoms with Crippen molar-refractivity contribution in [1.82, 2.24) is 4.90 Å². The molecule has 1 aliphatic rings. The number of rotatable bonds is 7. The molecule has 0 aromatic heterocycles. The van der Waals surface area contributed by atoms with Gasteiger partial charge < -0.3 is 14.9 Å². The first-order valence-corrected chi connectivity index (χ1v) is 9.18. The zero-order valence-electron chi connectivity index (χ0n) is 14.9. The first-order valence-electron chi connectivity index (χ1n) is 9.18. The molecule has 0 bridgehead atoms. The SMILES string of the molecule is Oc1ccc(OCCCN2CCC(O)CC2Cc2ccc(F)cc2)cc1. The fourth-order valence-corrected chi connectivity index (χ4v) is 3.48. The van der Waals surface area contributed by atoms with E-state index in [1.807, 2.05) is 12.1 Å². The molecule has 0 aliphatic carbocycles. The number of halogens is 1. The molecule has 140 valence electrons. The van der Waals surface area contributed by atoms with Crippen LogP contribution in [-0.4, -0.2) is 47.0 Å². The standard InChI is InChI=1S/C21H26FNO3/c22-17-4-2-16(3-5-17)14-18-15-20(25)10-12-23(18)11-1-13-26-21-8-6-19(24)7-9-21/h2-9,18,20,24-25H,1,10-15H2. The third-order valence-electron chi connectivity index (χ3n) is 4.89. The molecule has 2 aromatic rings. The van der Waals surface area contributed by atoms with Gasteiger partial charge in [-0.1, -0.05) is 12.1 Å². The van der Waals surface area contributed by atoms with Crippen LogP contribution in [0.15, 0.2) is 48.5 Å². The van der Waals surface area contributed by atoms with Gasteiger partial charge in [0.15, 0.2) is 0 Å². The molecule has 5 heteroatoms. The average molecular weight is 359 g/mol. The highest BCUT2D eigenvalue weighted by Gasteiger charge is 2.27. The van der Waals surface area contributed by atoms with Crippen molar-refractivity contribution in [2.45, 2.75) is 37.8 Å². The smallest absolute Gasteiger partial charge is 0.123 e. The van der Waals surface area contributed by atoms with Crippen molar-refractivity contribution in [3.63, 3.8) is 0 Å². The Labute approximate surface area is 153 Å². The van der Waals surface area contributed by atoms with Crippen molar-refractivity contribution in [3.05, 3.63) is 59.9 Å². The molecule has 2 N–H and O–H groups in total. The van der Waals surface area contributed by atoms with E-state index in [1.54, 1.807) is 24.3 Å². The normalized spacial score (nSPS) is 20.8. The Kier molecular flexibility index (Phi) is 6.47. The van der Waals surface area contributed by atoms with Gasteiger partial charge in [0.1, 0.15) is 17.3 Å². The zero-order valence-corrected chi connectivity index (χ0v) is 14.9. The Morgan fingerprint density at radius 1 is 1.08 bits per heavy atom. The number of aliphatic hydroxyl groups excluding tert-OH is 1. The maximum atomic E-state index is 13.1. The molecule has 0 spiro atoms. The molecule has 1 fully saturated rings. The number of aromatic hydroxyl groups is 1. The van der Waals surface area contributed by atoms with E-state index < -0.39 is 0 Å². The molecule has 2 atom stereocenters. The van der Waals surface area contributed by atoms with Crippen LogP contribution in [0.2, 0.25) is 0 Å². The van der Waals surface area contributed by atoms with Crippen LogP contribution in [0.3, 0.4) is 0 Å². The average Bonchev–Trinajstić information content (AvgIpc) is 2.64. The fourth-order valence-electron chi connectivity index (χ4n) is 3.48. The van der Waals surface area contributed by atoms with Crippen molar-refractivity contribution >= 4 is 0 Å². The molecule has 1 heterocycles. The maximum absolute atomic E-state index is 13.1. The molecule has 2 aromatic carbocycles. The summed E-state index contributed by atoms with van der Waals surface area (Å²) in [6.07, 6.45) is 2.98. The number of phenols is 1.